The van der Waals surface area contributed by atoms with Crippen LogP contribution in [-0.4, -0.2) is 18.0 Å². The van der Waals surface area contributed by atoms with Crippen molar-refractivity contribution in [1.29, 1.82) is 0 Å². The number of benzene rings is 1. The van der Waals surface area contributed by atoms with Crippen LogP contribution < -0.4 is 0 Å². The van der Waals surface area contributed by atoms with Gasteiger partial charge in [0.15, 0.2) is 11.6 Å². The van der Waals surface area contributed by atoms with Crippen LogP contribution >= 0.6 is 0 Å². The van der Waals surface area contributed by atoms with Gasteiger partial charge in [0.05, 0.1) is 0 Å². The summed E-state index contributed by atoms with van der Waals surface area (Å²) in [6, 6.07) is 4.20. The molecule has 1 aromatic carbocycles. The molecule has 94 valence electrons. The fraction of sp³-hybridized carbons (Fsp3) is 0.571. The van der Waals surface area contributed by atoms with Crippen LogP contribution in [0.25, 0.3) is 0 Å². The Morgan fingerprint density at radius 1 is 1.24 bits per heavy atom. The first-order valence-electron chi connectivity index (χ1n) is 6.35. The van der Waals surface area contributed by atoms with Crippen molar-refractivity contribution in [2.24, 2.45) is 5.92 Å². The van der Waals surface area contributed by atoms with Gasteiger partial charge in [0.2, 0.25) is 0 Å². The average Bonchev–Trinajstić information content (AvgIpc) is 3.08. The molecule has 0 aromatic heterocycles. The predicted octanol–water partition coefficient (Wildman–Crippen LogP) is 3.59. The van der Waals surface area contributed by atoms with Gasteiger partial charge in [-0.15, -0.1) is 0 Å². The highest BCUT2D eigenvalue weighted by Gasteiger charge is 2.24. The lowest BCUT2D eigenvalue weighted by Gasteiger charge is -2.21. The molecule has 0 saturated heterocycles. The Morgan fingerprint density at radius 3 is 2.59 bits per heavy atom. The summed E-state index contributed by atoms with van der Waals surface area (Å²) in [4.78, 5) is 2.34. The summed E-state index contributed by atoms with van der Waals surface area (Å²) < 4.78 is 25.9. The molecule has 3 heteroatoms. The maximum atomic E-state index is 13.1. The van der Waals surface area contributed by atoms with Crippen molar-refractivity contribution in [2.45, 2.75) is 32.7 Å². The summed E-state index contributed by atoms with van der Waals surface area (Å²) in [7, 11) is 0. The zero-order valence-electron chi connectivity index (χ0n) is 10.3. The van der Waals surface area contributed by atoms with Crippen LogP contribution in [-0.2, 0) is 6.54 Å². The van der Waals surface area contributed by atoms with E-state index in [-0.39, 0.29) is 0 Å². The lowest BCUT2D eigenvalue weighted by Crippen LogP contribution is -2.26. The lowest BCUT2D eigenvalue weighted by molar-refractivity contribution is 0.254. The number of nitrogens with zero attached hydrogens (tertiary/aromatic N) is 1. The van der Waals surface area contributed by atoms with Crippen molar-refractivity contribution in [1.82, 2.24) is 4.90 Å². The van der Waals surface area contributed by atoms with Gasteiger partial charge in [-0.25, -0.2) is 8.78 Å². The second-order valence-corrected chi connectivity index (χ2v) is 4.93. The van der Waals surface area contributed by atoms with Gasteiger partial charge in [-0.3, -0.25) is 4.90 Å². The topological polar surface area (TPSA) is 3.24 Å². The summed E-state index contributed by atoms with van der Waals surface area (Å²) >= 11 is 0. The van der Waals surface area contributed by atoms with Crippen molar-refractivity contribution in [2.75, 3.05) is 13.1 Å². The molecule has 1 aliphatic rings. The molecule has 0 amide bonds. The molecule has 0 atom stereocenters. The normalized spacial score (nSPS) is 15.5. The molecule has 1 aromatic rings. The Balaban J connectivity index is 1.97. The second kappa shape index (κ2) is 5.58. The molecular formula is C14H19F2N. The van der Waals surface area contributed by atoms with Crippen LogP contribution in [0.2, 0.25) is 0 Å². The minimum atomic E-state index is -0.766. The van der Waals surface area contributed by atoms with Crippen molar-refractivity contribution in [3.63, 3.8) is 0 Å². The molecule has 0 aliphatic heterocycles. The molecule has 17 heavy (non-hydrogen) atoms. The first-order chi connectivity index (χ1) is 8.19. The minimum Gasteiger partial charge on any atom is -0.299 e. The Morgan fingerprint density at radius 2 is 2.00 bits per heavy atom. The summed E-state index contributed by atoms with van der Waals surface area (Å²) in [5, 5.41) is 0. The Labute approximate surface area is 101 Å². The molecule has 0 heterocycles. The van der Waals surface area contributed by atoms with E-state index in [1.807, 2.05) is 0 Å². The van der Waals surface area contributed by atoms with E-state index in [2.05, 4.69) is 11.8 Å². The fourth-order valence-electron chi connectivity index (χ4n) is 2.11. The van der Waals surface area contributed by atoms with E-state index < -0.39 is 11.6 Å². The number of rotatable bonds is 6. The molecule has 0 bridgehead atoms. The molecule has 0 radical (unpaired) electrons. The molecule has 1 fully saturated rings. The Kier molecular flexibility index (Phi) is 4.11. The zero-order valence-corrected chi connectivity index (χ0v) is 10.3. The zero-order chi connectivity index (χ0) is 12.3. The van der Waals surface area contributed by atoms with Gasteiger partial charge in [-0.1, -0.05) is 13.0 Å². The molecule has 1 aliphatic carbocycles. The third kappa shape index (κ3) is 3.77. The summed E-state index contributed by atoms with van der Waals surface area (Å²) in [5.74, 6) is -0.685. The fourth-order valence-corrected chi connectivity index (χ4v) is 2.11. The molecular weight excluding hydrogens is 220 g/mol. The first kappa shape index (κ1) is 12.5. The molecule has 0 spiro atoms. The Bertz CT molecular complexity index is 374. The van der Waals surface area contributed by atoms with Crippen molar-refractivity contribution in [3.05, 3.63) is 35.4 Å². The smallest absolute Gasteiger partial charge is 0.159 e. The van der Waals surface area contributed by atoms with Gasteiger partial charge in [0.1, 0.15) is 0 Å². The number of halogens is 2. The van der Waals surface area contributed by atoms with E-state index in [1.165, 1.54) is 25.0 Å². The standard InChI is InChI=1S/C14H19F2N/c1-2-7-17(9-11-3-4-11)10-12-5-6-13(15)14(16)8-12/h5-6,8,11H,2-4,7,9-10H2,1H3. The minimum absolute atomic E-state index is 0.724. The van der Waals surface area contributed by atoms with Gasteiger partial charge < -0.3 is 0 Å². The highest BCUT2D eigenvalue weighted by Crippen LogP contribution is 2.30. The van der Waals surface area contributed by atoms with Crippen LogP contribution in [0.3, 0.4) is 0 Å². The molecule has 0 unspecified atom stereocenters. The molecule has 2 rings (SSSR count). The summed E-state index contributed by atoms with van der Waals surface area (Å²) in [6.07, 6.45) is 3.73. The van der Waals surface area contributed by atoms with Crippen LogP contribution in [0.5, 0.6) is 0 Å². The third-order valence-corrected chi connectivity index (χ3v) is 3.14. The quantitative estimate of drug-likeness (QED) is 0.733. The van der Waals surface area contributed by atoms with Gasteiger partial charge in [-0.2, -0.15) is 0 Å². The summed E-state index contributed by atoms with van der Waals surface area (Å²) in [6.45, 7) is 4.98. The van der Waals surface area contributed by atoms with E-state index in [9.17, 15) is 8.78 Å². The maximum Gasteiger partial charge on any atom is 0.159 e. The van der Waals surface area contributed by atoms with E-state index in [0.29, 0.717) is 0 Å². The van der Waals surface area contributed by atoms with Gasteiger partial charge in [0.25, 0.3) is 0 Å². The third-order valence-electron chi connectivity index (χ3n) is 3.14. The maximum absolute atomic E-state index is 13.1. The van der Waals surface area contributed by atoms with E-state index >= 15 is 0 Å². The Hall–Kier alpha value is -0.960. The highest BCUT2D eigenvalue weighted by atomic mass is 19.2. The highest BCUT2D eigenvalue weighted by molar-refractivity contribution is 5.17. The van der Waals surface area contributed by atoms with E-state index in [4.69, 9.17) is 0 Å². The molecule has 1 saturated carbocycles. The van der Waals surface area contributed by atoms with Crippen LogP contribution in [0.1, 0.15) is 31.7 Å². The monoisotopic (exact) mass is 239 g/mol. The van der Waals surface area contributed by atoms with Crippen molar-refractivity contribution >= 4 is 0 Å². The van der Waals surface area contributed by atoms with Crippen molar-refractivity contribution < 1.29 is 8.78 Å². The lowest BCUT2D eigenvalue weighted by atomic mass is 10.2. The van der Waals surface area contributed by atoms with Gasteiger partial charge in [0, 0.05) is 13.1 Å². The number of hydrogen-bond donors (Lipinski definition) is 0. The second-order valence-electron chi connectivity index (χ2n) is 4.93. The first-order valence-corrected chi connectivity index (χ1v) is 6.35. The predicted molar refractivity (Wildman–Crippen MR) is 64.7 cm³/mol. The van der Waals surface area contributed by atoms with E-state index in [0.717, 1.165) is 37.5 Å². The van der Waals surface area contributed by atoms with Crippen LogP contribution in [0, 0.1) is 17.6 Å². The largest absolute Gasteiger partial charge is 0.299 e. The molecule has 1 nitrogen and oxygen atoms in total. The van der Waals surface area contributed by atoms with Gasteiger partial charge >= 0.3 is 0 Å². The van der Waals surface area contributed by atoms with E-state index in [1.54, 1.807) is 6.07 Å². The SMILES string of the molecule is CCCN(Cc1ccc(F)c(F)c1)CC1CC1. The molecule has 0 N–H and O–H groups in total. The van der Waals surface area contributed by atoms with Crippen LogP contribution in [0.4, 0.5) is 8.78 Å². The summed E-state index contributed by atoms with van der Waals surface area (Å²) in [5.41, 5.74) is 0.859. The van der Waals surface area contributed by atoms with Crippen LogP contribution in [0.15, 0.2) is 18.2 Å². The van der Waals surface area contributed by atoms with Gasteiger partial charge in [-0.05, 0) is 49.4 Å². The average molecular weight is 239 g/mol. The van der Waals surface area contributed by atoms with Crippen molar-refractivity contribution in [3.8, 4) is 0 Å². The number of hydrogen-bond acceptors (Lipinski definition) is 1.